The summed E-state index contributed by atoms with van der Waals surface area (Å²) in [6, 6.07) is 10.2. The number of nitrogens with one attached hydrogen (secondary N) is 1. The number of imidazole rings is 1. The van der Waals surface area contributed by atoms with Gasteiger partial charge in [0.2, 0.25) is 5.95 Å². The quantitative estimate of drug-likeness (QED) is 0.357. The third-order valence-corrected chi connectivity index (χ3v) is 8.05. The molecule has 4 heterocycles. The van der Waals surface area contributed by atoms with Crippen molar-refractivity contribution in [2.24, 2.45) is 5.73 Å². The summed E-state index contributed by atoms with van der Waals surface area (Å²) in [7, 11) is 0. The van der Waals surface area contributed by atoms with E-state index in [0.717, 1.165) is 36.9 Å². The second kappa shape index (κ2) is 10.3. The molecule has 0 radical (unpaired) electrons. The Morgan fingerprint density at radius 2 is 1.90 bits per heavy atom. The van der Waals surface area contributed by atoms with E-state index in [1.54, 1.807) is 30.7 Å². The van der Waals surface area contributed by atoms with Gasteiger partial charge in [-0.1, -0.05) is 6.42 Å². The average molecular weight is 530 g/mol. The summed E-state index contributed by atoms with van der Waals surface area (Å²) >= 11 is 0. The summed E-state index contributed by atoms with van der Waals surface area (Å²) in [5.41, 5.74) is 8.04. The average Bonchev–Trinajstić information content (AvgIpc) is 3.35. The number of nitriles is 1. The highest BCUT2D eigenvalue weighted by atomic mass is 19.1. The van der Waals surface area contributed by atoms with E-state index in [0.29, 0.717) is 49.0 Å². The molecule has 1 saturated carbocycles. The molecule has 10 heteroatoms. The molecule has 4 aromatic rings. The van der Waals surface area contributed by atoms with Crippen LogP contribution in [0.4, 0.5) is 20.4 Å². The fourth-order valence-electron chi connectivity index (χ4n) is 5.88. The van der Waals surface area contributed by atoms with Crippen molar-refractivity contribution in [1.82, 2.24) is 19.6 Å². The van der Waals surface area contributed by atoms with Gasteiger partial charge in [-0.05, 0) is 79.5 Å². The maximum atomic E-state index is 15.4. The summed E-state index contributed by atoms with van der Waals surface area (Å²) in [5, 5.41) is 17.7. The first kappa shape index (κ1) is 25.3. The fourth-order valence-corrected chi connectivity index (χ4v) is 5.88. The zero-order valence-corrected chi connectivity index (χ0v) is 21.4. The number of rotatable bonds is 5. The normalized spacial score (nSPS) is 21.0. The maximum Gasteiger partial charge on any atom is 0.229 e. The molecular weight excluding hydrogens is 500 g/mol. The van der Waals surface area contributed by atoms with E-state index in [9.17, 15) is 5.26 Å². The summed E-state index contributed by atoms with van der Waals surface area (Å²) in [4.78, 5) is 8.75. The molecular formula is C29H29F2N7O. The van der Waals surface area contributed by atoms with E-state index in [1.165, 1.54) is 16.6 Å². The van der Waals surface area contributed by atoms with Gasteiger partial charge >= 0.3 is 0 Å². The van der Waals surface area contributed by atoms with Crippen LogP contribution in [-0.2, 0) is 10.2 Å². The van der Waals surface area contributed by atoms with Crippen molar-refractivity contribution in [3.63, 3.8) is 0 Å². The standard InChI is InChI=1S/C29H29F2N7O/c30-23-13-19(29(17-32)7-10-39-11-8-29)14-24(31)27(23)25-5-4-21-15-35-28(38(21)37-25)36-26-16-34-9-6-22(26)18-2-1-3-20(33)12-18/h4-6,9,13-16,18,20H,1-3,7-8,10-12,33H2,(H,35,36). The van der Waals surface area contributed by atoms with Crippen LogP contribution in [0, 0.1) is 23.0 Å². The van der Waals surface area contributed by atoms with Crippen LogP contribution in [0.3, 0.4) is 0 Å². The lowest BCUT2D eigenvalue weighted by Crippen LogP contribution is -2.32. The molecule has 1 aliphatic heterocycles. The van der Waals surface area contributed by atoms with Gasteiger partial charge in [0, 0.05) is 25.5 Å². The van der Waals surface area contributed by atoms with Crippen molar-refractivity contribution in [3.05, 3.63) is 71.7 Å². The predicted octanol–water partition coefficient (Wildman–Crippen LogP) is 5.37. The maximum absolute atomic E-state index is 15.4. The molecule has 0 spiro atoms. The number of benzene rings is 1. The van der Waals surface area contributed by atoms with E-state index in [2.05, 4.69) is 26.5 Å². The van der Waals surface area contributed by atoms with Crippen molar-refractivity contribution in [1.29, 1.82) is 5.26 Å². The monoisotopic (exact) mass is 529 g/mol. The predicted molar refractivity (Wildman–Crippen MR) is 142 cm³/mol. The Morgan fingerprint density at radius 3 is 2.64 bits per heavy atom. The number of hydrogen-bond donors (Lipinski definition) is 2. The van der Waals surface area contributed by atoms with Crippen LogP contribution in [-0.4, -0.2) is 38.8 Å². The zero-order valence-electron chi connectivity index (χ0n) is 21.4. The van der Waals surface area contributed by atoms with Gasteiger partial charge in [0.25, 0.3) is 0 Å². The second-order valence-corrected chi connectivity index (χ2v) is 10.5. The number of pyridine rings is 1. The highest BCUT2D eigenvalue weighted by Gasteiger charge is 2.36. The highest BCUT2D eigenvalue weighted by molar-refractivity contribution is 5.66. The summed E-state index contributed by atoms with van der Waals surface area (Å²) in [6.07, 6.45) is 9.99. The van der Waals surface area contributed by atoms with Crippen molar-refractivity contribution >= 4 is 17.2 Å². The number of anilines is 2. The Labute approximate surface area is 224 Å². The van der Waals surface area contributed by atoms with Crippen LogP contribution in [0.15, 0.2) is 48.9 Å². The molecule has 1 saturated heterocycles. The topological polar surface area (TPSA) is 114 Å². The molecule has 1 aromatic carbocycles. The molecule has 6 rings (SSSR count). The van der Waals surface area contributed by atoms with Crippen LogP contribution < -0.4 is 11.1 Å². The summed E-state index contributed by atoms with van der Waals surface area (Å²) < 4.78 is 37.8. The number of nitrogens with two attached hydrogens (primary N) is 1. The van der Waals surface area contributed by atoms with Gasteiger partial charge in [-0.2, -0.15) is 14.9 Å². The third kappa shape index (κ3) is 4.73. The van der Waals surface area contributed by atoms with Gasteiger partial charge in [-0.15, -0.1) is 0 Å². The minimum atomic E-state index is -0.971. The van der Waals surface area contributed by atoms with Crippen LogP contribution in [0.5, 0.6) is 0 Å². The van der Waals surface area contributed by atoms with Gasteiger partial charge in [0.1, 0.15) is 11.6 Å². The SMILES string of the molecule is N#CC1(c2cc(F)c(-c3ccc4cnc(Nc5cnccc5C5CCCC(N)C5)n4n3)c(F)c2)CCOCC1. The molecule has 3 N–H and O–H groups in total. The minimum Gasteiger partial charge on any atom is -0.381 e. The van der Waals surface area contributed by atoms with Crippen molar-refractivity contribution in [3.8, 4) is 17.3 Å². The highest BCUT2D eigenvalue weighted by Crippen LogP contribution is 2.38. The molecule has 2 aliphatic rings. The first-order valence-corrected chi connectivity index (χ1v) is 13.3. The minimum absolute atomic E-state index is 0.118. The summed E-state index contributed by atoms with van der Waals surface area (Å²) in [5.74, 6) is -0.820. The number of fused-ring (bicyclic) bond motifs is 1. The first-order chi connectivity index (χ1) is 19.0. The molecule has 2 fully saturated rings. The summed E-state index contributed by atoms with van der Waals surface area (Å²) in [6.45, 7) is 0.749. The fraction of sp³-hybridized carbons (Fsp3) is 0.379. The van der Waals surface area contributed by atoms with Gasteiger partial charge in [-0.25, -0.2) is 13.8 Å². The lowest BCUT2D eigenvalue weighted by molar-refractivity contribution is 0.0674. The zero-order chi connectivity index (χ0) is 27.0. The van der Waals surface area contributed by atoms with E-state index in [-0.39, 0.29) is 17.3 Å². The van der Waals surface area contributed by atoms with Crippen LogP contribution in [0.1, 0.15) is 55.6 Å². The molecule has 2 unspecified atom stereocenters. The van der Waals surface area contributed by atoms with Crippen molar-refractivity contribution < 1.29 is 13.5 Å². The number of nitrogens with zero attached hydrogens (tertiary/aromatic N) is 5. The number of ether oxygens (including phenoxy) is 1. The molecule has 3 aromatic heterocycles. The van der Waals surface area contributed by atoms with Crippen LogP contribution >= 0.6 is 0 Å². The number of halogens is 2. The van der Waals surface area contributed by atoms with E-state index >= 15 is 8.78 Å². The Kier molecular flexibility index (Phi) is 6.71. The second-order valence-electron chi connectivity index (χ2n) is 10.5. The van der Waals surface area contributed by atoms with Crippen LogP contribution in [0.25, 0.3) is 16.8 Å². The Morgan fingerprint density at radius 1 is 1.10 bits per heavy atom. The van der Waals surface area contributed by atoms with Gasteiger partial charge in [0.05, 0.1) is 46.3 Å². The van der Waals surface area contributed by atoms with Crippen LogP contribution in [0.2, 0.25) is 0 Å². The molecule has 2 atom stereocenters. The largest absolute Gasteiger partial charge is 0.381 e. The smallest absolute Gasteiger partial charge is 0.229 e. The Balaban J connectivity index is 1.35. The van der Waals surface area contributed by atoms with Gasteiger partial charge in [0.15, 0.2) is 0 Å². The van der Waals surface area contributed by atoms with Crippen molar-refractivity contribution in [2.75, 3.05) is 18.5 Å². The third-order valence-electron chi connectivity index (χ3n) is 8.05. The molecule has 8 nitrogen and oxygen atoms in total. The molecule has 0 amide bonds. The Bertz CT molecular complexity index is 1530. The first-order valence-electron chi connectivity index (χ1n) is 13.3. The lowest BCUT2D eigenvalue weighted by Gasteiger charge is -2.31. The molecule has 39 heavy (non-hydrogen) atoms. The van der Waals surface area contributed by atoms with E-state index < -0.39 is 17.0 Å². The van der Waals surface area contributed by atoms with Crippen molar-refractivity contribution in [2.45, 2.75) is 55.9 Å². The molecule has 0 bridgehead atoms. The number of hydrogen-bond acceptors (Lipinski definition) is 7. The molecule has 1 aliphatic carbocycles. The molecule has 200 valence electrons. The van der Waals surface area contributed by atoms with E-state index in [1.807, 2.05) is 6.07 Å². The number of aromatic nitrogens is 4. The van der Waals surface area contributed by atoms with Gasteiger partial charge in [-0.3, -0.25) is 4.98 Å². The Hall–Kier alpha value is -3.94. The lowest BCUT2D eigenvalue weighted by atomic mass is 9.75. The van der Waals surface area contributed by atoms with E-state index in [4.69, 9.17) is 10.5 Å². The van der Waals surface area contributed by atoms with Gasteiger partial charge < -0.3 is 15.8 Å².